The van der Waals surface area contributed by atoms with Gasteiger partial charge in [0.2, 0.25) is 11.8 Å². The van der Waals surface area contributed by atoms with Gasteiger partial charge < -0.3 is 20.7 Å². The number of hydrogen-bond acceptors (Lipinski definition) is 4. The van der Waals surface area contributed by atoms with Crippen LogP contribution in [0.15, 0.2) is 66.7 Å². The predicted octanol–water partition coefficient (Wildman–Crippen LogP) is 2.67. The Kier molecular flexibility index (Phi) is 7.41. The molecule has 29 heavy (non-hydrogen) atoms. The zero-order valence-corrected chi connectivity index (χ0v) is 16.6. The lowest BCUT2D eigenvalue weighted by Gasteiger charge is -2.28. The highest BCUT2D eigenvalue weighted by Gasteiger charge is 2.25. The standard InChI is InChI=1S/C23H27N3O3/c1-29-20-12-9-18(10-13-20)25-22(27)14-11-19(26-23(28)21-15-16-24-21)8-7-17-5-3-2-4-6-17/h2-6,9-14,19,21,24H,7-8,15-16H2,1H3,(H,25,27)(H,26,28)/b14-11+/t19-,21?/m0/s1. The smallest absolute Gasteiger partial charge is 0.248 e. The predicted molar refractivity (Wildman–Crippen MR) is 114 cm³/mol. The number of benzene rings is 2. The monoisotopic (exact) mass is 393 g/mol. The fourth-order valence-electron chi connectivity index (χ4n) is 3.04. The number of hydrogen-bond donors (Lipinski definition) is 3. The number of anilines is 1. The van der Waals surface area contributed by atoms with Crippen LogP contribution in [0.25, 0.3) is 0 Å². The molecule has 1 fully saturated rings. The minimum Gasteiger partial charge on any atom is -0.497 e. The minimum atomic E-state index is -0.240. The number of carbonyl (C=O) groups is 2. The molecular formula is C23H27N3O3. The van der Waals surface area contributed by atoms with E-state index in [2.05, 4.69) is 28.1 Å². The van der Waals surface area contributed by atoms with Crippen LogP contribution in [-0.4, -0.2) is 37.6 Å². The summed E-state index contributed by atoms with van der Waals surface area (Å²) in [4.78, 5) is 24.6. The number of nitrogens with one attached hydrogen (secondary N) is 3. The average Bonchev–Trinajstić information content (AvgIpc) is 2.70. The maximum Gasteiger partial charge on any atom is 0.248 e. The van der Waals surface area contributed by atoms with E-state index in [0.717, 1.165) is 31.6 Å². The second kappa shape index (κ2) is 10.4. The molecule has 152 valence electrons. The van der Waals surface area contributed by atoms with E-state index >= 15 is 0 Å². The van der Waals surface area contributed by atoms with Gasteiger partial charge in [-0.15, -0.1) is 0 Å². The molecule has 0 saturated carbocycles. The minimum absolute atomic E-state index is 0.0190. The maximum atomic E-state index is 12.3. The number of amides is 2. The van der Waals surface area contributed by atoms with Crippen LogP contribution in [0.3, 0.4) is 0 Å². The number of carbonyl (C=O) groups excluding carboxylic acids is 2. The van der Waals surface area contributed by atoms with Crippen LogP contribution in [0.2, 0.25) is 0 Å². The summed E-state index contributed by atoms with van der Waals surface area (Å²) in [6.45, 7) is 0.868. The number of rotatable bonds is 9. The fourth-order valence-corrected chi connectivity index (χ4v) is 3.04. The van der Waals surface area contributed by atoms with Gasteiger partial charge in [0.1, 0.15) is 5.75 Å². The molecule has 3 rings (SSSR count). The van der Waals surface area contributed by atoms with Crippen LogP contribution in [0.1, 0.15) is 18.4 Å². The van der Waals surface area contributed by atoms with E-state index in [1.54, 1.807) is 37.5 Å². The number of aryl methyl sites for hydroxylation is 1. The van der Waals surface area contributed by atoms with E-state index in [4.69, 9.17) is 4.74 Å². The van der Waals surface area contributed by atoms with Gasteiger partial charge in [-0.1, -0.05) is 36.4 Å². The molecule has 1 saturated heterocycles. The molecule has 1 heterocycles. The summed E-state index contributed by atoms with van der Waals surface area (Å²) in [5, 5.41) is 8.96. The normalized spacial score (nSPS) is 16.7. The quantitative estimate of drug-likeness (QED) is 0.573. The Hall–Kier alpha value is -3.12. The van der Waals surface area contributed by atoms with Crippen LogP contribution in [0.5, 0.6) is 5.75 Å². The molecule has 1 unspecified atom stereocenters. The lowest BCUT2D eigenvalue weighted by molar-refractivity contribution is -0.125. The molecule has 2 aromatic rings. The zero-order valence-electron chi connectivity index (χ0n) is 16.6. The van der Waals surface area contributed by atoms with E-state index in [-0.39, 0.29) is 23.9 Å². The Labute approximate surface area is 171 Å². The third kappa shape index (κ3) is 6.47. The average molecular weight is 393 g/mol. The Morgan fingerprint density at radius 1 is 1.17 bits per heavy atom. The van der Waals surface area contributed by atoms with Crippen molar-refractivity contribution in [3.63, 3.8) is 0 Å². The first-order chi connectivity index (χ1) is 14.1. The Balaban J connectivity index is 1.58. The first-order valence-corrected chi connectivity index (χ1v) is 9.85. The summed E-state index contributed by atoms with van der Waals surface area (Å²) in [5.41, 5.74) is 1.88. The maximum absolute atomic E-state index is 12.3. The van der Waals surface area contributed by atoms with Gasteiger partial charge in [-0.2, -0.15) is 0 Å². The molecule has 0 bridgehead atoms. The summed E-state index contributed by atoms with van der Waals surface area (Å²) >= 11 is 0. The second-order valence-electron chi connectivity index (χ2n) is 7.01. The Morgan fingerprint density at radius 3 is 2.52 bits per heavy atom. The largest absolute Gasteiger partial charge is 0.497 e. The van der Waals surface area contributed by atoms with Crippen LogP contribution in [0, 0.1) is 0 Å². The highest BCUT2D eigenvalue weighted by atomic mass is 16.5. The van der Waals surface area contributed by atoms with Crippen LogP contribution < -0.4 is 20.7 Å². The van der Waals surface area contributed by atoms with Gasteiger partial charge in [-0.25, -0.2) is 0 Å². The SMILES string of the molecule is COc1ccc(NC(=O)/C=C/[C@H](CCc2ccccc2)NC(=O)C2CCN2)cc1. The first kappa shape index (κ1) is 20.6. The molecule has 2 atom stereocenters. The summed E-state index contributed by atoms with van der Waals surface area (Å²) < 4.78 is 5.11. The van der Waals surface area contributed by atoms with Gasteiger partial charge in [0, 0.05) is 17.8 Å². The van der Waals surface area contributed by atoms with Gasteiger partial charge in [-0.3, -0.25) is 9.59 Å². The molecule has 2 aromatic carbocycles. The molecule has 2 amide bonds. The summed E-state index contributed by atoms with van der Waals surface area (Å²) in [5.74, 6) is 0.470. The molecule has 0 radical (unpaired) electrons. The topological polar surface area (TPSA) is 79.5 Å². The molecule has 3 N–H and O–H groups in total. The van der Waals surface area contributed by atoms with Crippen molar-refractivity contribution in [2.24, 2.45) is 0 Å². The molecule has 1 aliphatic rings. The van der Waals surface area contributed by atoms with Crippen molar-refractivity contribution in [2.75, 3.05) is 19.0 Å². The Morgan fingerprint density at radius 2 is 1.90 bits per heavy atom. The van der Waals surface area contributed by atoms with Gasteiger partial charge in [-0.05, 0) is 55.6 Å². The second-order valence-corrected chi connectivity index (χ2v) is 7.01. The third-order valence-corrected chi connectivity index (χ3v) is 4.89. The van der Waals surface area contributed by atoms with E-state index in [0.29, 0.717) is 5.69 Å². The first-order valence-electron chi connectivity index (χ1n) is 9.85. The molecule has 6 heteroatoms. The summed E-state index contributed by atoms with van der Waals surface area (Å²) in [6, 6.07) is 16.9. The van der Waals surface area contributed by atoms with Crippen molar-refractivity contribution in [3.05, 3.63) is 72.3 Å². The van der Waals surface area contributed by atoms with Crippen molar-refractivity contribution in [2.45, 2.75) is 31.3 Å². The van der Waals surface area contributed by atoms with Gasteiger partial charge in [0.15, 0.2) is 0 Å². The van der Waals surface area contributed by atoms with Gasteiger partial charge in [0.25, 0.3) is 0 Å². The lowest BCUT2D eigenvalue weighted by atomic mass is 10.0. The molecule has 0 aromatic heterocycles. The van der Waals surface area contributed by atoms with Gasteiger partial charge >= 0.3 is 0 Å². The van der Waals surface area contributed by atoms with Crippen molar-refractivity contribution in [1.82, 2.24) is 10.6 Å². The molecule has 0 aliphatic carbocycles. The zero-order chi connectivity index (χ0) is 20.5. The lowest BCUT2D eigenvalue weighted by Crippen LogP contribution is -2.54. The highest BCUT2D eigenvalue weighted by molar-refractivity contribution is 5.99. The molecule has 1 aliphatic heterocycles. The fraction of sp³-hybridized carbons (Fsp3) is 0.304. The summed E-state index contributed by atoms with van der Waals surface area (Å²) in [6.07, 6.45) is 5.62. The van der Waals surface area contributed by atoms with Gasteiger partial charge in [0.05, 0.1) is 13.2 Å². The van der Waals surface area contributed by atoms with Crippen molar-refractivity contribution in [1.29, 1.82) is 0 Å². The van der Waals surface area contributed by atoms with E-state index in [9.17, 15) is 9.59 Å². The van der Waals surface area contributed by atoms with Crippen molar-refractivity contribution in [3.8, 4) is 5.75 Å². The van der Waals surface area contributed by atoms with E-state index in [1.807, 2.05) is 18.2 Å². The number of methoxy groups -OCH3 is 1. The number of ether oxygens (including phenoxy) is 1. The molecular weight excluding hydrogens is 366 g/mol. The van der Waals surface area contributed by atoms with Crippen LogP contribution in [0.4, 0.5) is 5.69 Å². The molecule has 6 nitrogen and oxygen atoms in total. The third-order valence-electron chi connectivity index (χ3n) is 4.89. The van der Waals surface area contributed by atoms with E-state index < -0.39 is 0 Å². The van der Waals surface area contributed by atoms with E-state index in [1.165, 1.54) is 11.6 Å². The summed E-state index contributed by atoms with van der Waals surface area (Å²) in [7, 11) is 1.60. The van der Waals surface area contributed by atoms with Crippen molar-refractivity contribution >= 4 is 17.5 Å². The van der Waals surface area contributed by atoms with Crippen LogP contribution >= 0.6 is 0 Å². The highest BCUT2D eigenvalue weighted by Crippen LogP contribution is 2.15. The van der Waals surface area contributed by atoms with Crippen molar-refractivity contribution < 1.29 is 14.3 Å². The molecule has 0 spiro atoms. The Bertz CT molecular complexity index is 830. The van der Waals surface area contributed by atoms with Crippen LogP contribution in [-0.2, 0) is 16.0 Å².